The minimum atomic E-state index is -0.486. The second-order valence-electron chi connectivity index (χ2n) is 6.53. The highest BCUT2D eigenvalue weighted by molar-refractivity contribution is 5.74. The maximum atomic E-state index is 11.7. The average molecular weight is 328 g/mol. The van der Waals surface area contributed by atoms with Crippen molar-refractivity contribution in [3.63, 3.8) is 0 Å². The SMILES string of the molecule is CCOC(=O)C(CC/C=C\C1(C)C=CC2(C=CCC=C2)C=C1)OC. The highest BCUT2D eigenvalue weighted by Crippen LogP contribution is 2.38. The number of hydrogen-bond donors (Lipinski definition) is 0. The molecule has 2 aliphatic rings. The molecule has 3 heteroatoms. The molecule has 0 amide bonds. The van der Waals surface area contributed by atoms with Crippen LogP contribution in [0.4, 0.5) is 0 Å². The van der Waals surface area contributed by atoms with Crippen LogP contribution in [0.3, 0.4) is 0 Å². The Hall–Kier alpha value is -1.87. The molecular weight excluding hydrogens is 300 g/mol. The van der Waals surface area contributed by atoms with Gasteiger partial charge in [-0.2, -0.15) is 0 Å². The van der Waals surface area contributed by atoms with Crippen molar-refractivity contribution >= 4 is 5.97 Å². The second kappa shape index (κ2) is 8.29. The van der Waals surface area contributed by atoms with Crippen LogP contribution in [-0.4, -0.2) is 25.8 Å². The van der Waals surface area contributed by atoms with Crippen LogP contribution in [0.15, 0.2) is 60.8 Å². The summed E-state index contributed by atoms with van der Waals surface area (Å²) < 4.78 is 10.2. The quantitative estimate of drug-likeness (QED) is 0.508. The molecule has 24 heavy (non-hydrogen) atoms. The lowest BCUT2D eigenvalue weighted by molar-refractivity contribution is -0.155. The van der Waals surface area contributed by atoms with Gasteiger partial charge in [-0.25, -0.2) is 4.79 Å². The minimum Gasteiger partial charge on any atom is -0.464 e. The fourth-order valence-electron chi connectivity index (χ4n) is 2.92. The van der Waals surface area contributed by atoms with E-state index >= 15 is 0 Å². The van der Waals surface area contributed by atoms with Gasteiger partial charge in [-0.05, 0) is 33.1 Å². The van der Waals surface area contributed by atoms with Gasteiger partial charge in [-0.15, -0.1) is 0 Å². The molecule has 0 radical (unpaired) electrons. The van der Waals surface area contributed by atoms with Crippen molar-refractivity contribution in [1.29, 1.82) is 0 Å². The topological polar surface area (TPSA) is 35.5 Å². The normalized spacial score (nSPS) is 21.5. The predicted octanol–water partition coefficient (Wildman–Crippen LogP) is 4.54. The number of esters is 1. The Balaban J connectivity index is 1.88. The van der Waals surface area contributed by atoms with Crippen LogP contribution in [0.1, 0.15) is 33.1 Å². The van der Waals surface area contributed by atoms with E-state index in [0.717, 1.165) is 12.8 Å². The van der Waals surface area contributed by atoms with Crippen LogP contribution in [0, 0.1) is 10.8 Å². The van der Waals surface area contributed by atoms with E-state index in [1.807, 2.05) is 0 Å². The molecule has 130 valence electrons. The molecule has 2 rings (SSSR count). The van der Waals surface area contributed by atoms with E-state index in [-0.39, 0.29) is 16.8 Å². The first-order valence-corrected chi connectivity index (χ1v) is 8.66. The number of carbonyl (C=O) groups excluding carboxylic acids is 1. The lowest BCUT2D eigenvalue weighted by Gasteiger charge is -2.30. The summed E-state index contributed by atoms with van der Waals surface area (Å²) in [7, 11) is 1.55. The number of hydrogen-bond acceptors (Lipinski definition) is 3. The van der Waals surface area contributed by atoms with Crippen LogP contribution in [-0.2, 0) is 14.3 Å². The largest absolute Gasteiger partial charge is 0.464 e. The summed E-state index contributed by atoms with van der Waals surface area (Å²) in [4.78, 5) is 11.7. The Morgan fingerprint density at radius 2 is 1.83 bits per heavy atom. The first kappa shape index (κ1) is 18.5. The molecule has 0 saturated carbocycles. The Labute approximate surface area is 145 Å². The van der Waals surface area contributed by atoms with Crippen molar-refractivity contribution in [2.45, 2.75) is 39.2 Å². The standard InChI is InChI=1S/C21H28O3/c1-4-24-19(22)18(23-3)10-6-9-11-20(2)14-16-21(17-15-20)12-7-5-8-13-21/h7-9,11-18H,4-6,10H2,1-3H3/b11-9-. The molecule has 0 aromatic heterocycles. The van der Waals surface area contributed by atoms with Gasteiger partial charge in [-0.3, -0.25) is 0 Å². The Bertz CT molecular complexity index is 550. The summed E-state index contributed by atoms with van der Waals surface area (Å²) >= 11 is 0. The smallest absolute Gasteiger partial charge is 0.335 e. The zero-order valence-corrected chi connectivity index (χ0v) is 14.9. The van der Waals surface area contributed by atoms with Gasteiger partial charge in [0.25, 0.3) is 0 Å². The van der Waals surface area contributed by atoms with E-state index in [4.69, 9.17) is 9.47 Å². The first-order chi connectivity index (χ1) is 11.5. The van der Waals surface area contributed by atoms with E-state index in [1.165, 1.54) is 0 Å². The molecule has 1 atom stereocenters. The van der Waals surface area contributed by atoms with Gasteiger partial charge in [-0.1, -0.05) is 60.8 Å². The average Bonchev–Trinajstić information content (AvgIpc) is 2.59. The van der Waals surface area contributed by atoms with E-state index < -0.39 is 6.10 Å². The highest BCUT2D eigenvalue weighted by atomic mass is 16.6. The molecule has 2 aliphatic carbocycles. The number of methoxy groups -OCH3 is 1. The monoisotopic (exact) mass is 328 g/mol. The number of rotatable bonds is 7. The summed E-state index contributed by atoms with van der Waals surface area (Å²) in [6.45, 7) is 4.36. The van der Waals surface area contributed by atoms with Gasteiger partial charge < -0.3 is 9.47 Å². The van der Waals surface area contributed by atoms with Crippen molar-refractivity contribution < 1.29 is 14.3 Å². The van der Waals surface area contributed by atoms with Gasteiger partial charge in [0.2, 0.25) is 0 Å². The van der Waals surface area contributed by atoms with Crippen LogP contribution in [0.5, 0.6) is 0 Å². The molecule has 0 N–H and O–H groups in total. The number of carbonyl (C=O) groups is 1. The lowest BCUT2D eigenvalue weighted by atomic mass is 9.74. The van der Waals surface area contributed by atoms with Crippen LogP contribution >= 0.6 is 0 Å². The zero-order chi connectivity index (χ0) is 17.5. The van der Waals surface area contributed by atoms with Crippen LogP contribution in [0.2, 0.25) is 0 Å². The molecule has 0 aliphatic heterocycles. The molecule has 3 nitrogen and oxygen atoms in total. The summed E-state index contributed by atoms with van der Waals surface area (Å²) in [6, 6.07) is 0. The maximum Gasteiger partial charge on any atom is 0.335 e. The van der Waals surface area contributed by atoms with E-state index in [0.29, 0.717) is 13.0 Å². The summed E-state index contributed by atoms with van der Waals surface area (Å²) in [5.74, 6) is -0.283. The van der Waals surface area contributed by atoms with Gasteiger partial charge in [0, 0.05) is 17.9 Å². The van der Waals surface area contributed by atoms with Crippen molar-refractivity contribution in [3.05, 3.63) is 60.8 Å². The molecular formula is C21H28O3. The Kier molecular flexibility index (Phi) is 6.38. The maximum absolute atomic E-state index is 11.7. The third-order valence-corrected chi connectivity index (χ3v) is 4.45. The Morgan fingerprint density at radius 3 is 2.42 bits per heavy atom. The molecule has 1 unspecified atom stereocenters. The summed E-state index contributed by atoms with van der Waals surface area (Å²) in [5.41, 5.74) is -0.131. The van der Waals surface area contributed by atoms with Gasteiger partial charge in [0.1, 0.15) is 0 Å². The minimum absolute atomic E-state index is 0.0450. The van der Waals surface area contributed by atoms with Crippen LogP contribution < -0.4 is 0 Å². The molecule has 0 aromatic rings. The molecule has 0 aromatic carbocycles. The van der Waals surface area contributed by atoms with Crippen molar-refractivity contribution in [2.24, 2.45) is 10.8 Å². The Morgan fingerprint density at radius 1 is 1.17 bits per heavy atom. The van der Waals surface area contributed by atoms with Crippen LogP contribution in [0.25, 0.3) is 0 Å². The fourth-order valence-corrected chi connectivity index (χ4v) is 2.92. The van der Waals surface area contributed by atoms with Gasteiger partial charge in [0.05, 0.1) is 6.61 Å². The predicted molar refractivity (Wildman–Crippen MR) is 97.5 cm³/mol. The van der Waals surface area contributed by atoms with Crippen molar-refractivity contribution in [1.82, 2.24) is 0 Å². The summed E-state index contributed by atoms with van der Waals surface area (Å²) in [5, 5.41) is 0. The highest BCUT2D eigenvalue weighted by Gasteiger charge is 2.26. The van der Waals surface area contributed by atoms with E-state index in [9.17, 15) is 4.79 Å². The number of ether oxygens (including phenoxy) is 2. The van der Waals surface area contributed by atoms with Crippen molar-refractivity contribution in [3.8, 4) is 0 Å². The molecule has 0 fully saturated rings. The lowest BCUT2D eigenvalue weighted by Crippen LogP contribution is -2.25. The third-order valence-electron chi connectivity index (χ3n) is 4.45. The molecule has 0 heterocycles. The number of allylic oxidation sites excluding steroid dienone is 10. The van der Waals surface area contributed by atoms with Crippen molar-refractivity contribution in [2.75, 3.05) is 13.7 Å². The summed E-state index contributed by atoms with van der Waals surface area (Å²) in [6.07, 6.45) is 24.1. The molecule has 1 spiro atoms. The van der Waals surface area contributed by atoms with Gasteiger partial charge in [0.15, 0.2) is 6.10 Å². The van der Waals surface area contributed by atoms with Gasteiger partial charge >= 0.3 is 5.97 Å². The molecule has 0 bridgehead atoms. The van der Waals surface area contributed by atoms with E-state index in [2.05, 4.69) is 67.7 Å². The first-order valence-electron chi connectivity index (χ1n) is 8.66. The zero-order valence-electron chi connectivity index (χ0n) is 14.9. The third kappa shape index (κ3) is 4.81. The second-order valence-corrected chi connectivity index (χ2v) is 6.53. The van der Waals surface area contributed by atoms with E-state index in [1.54, 1.807) is 14.0 Å². The molecule has 0 saturated heterocycles. The fraction of sp³-hybridized carbons (Fsp3) is 0.476.